The number of para-hydroxylation sites is 1. The second-order valence-corrected chi connectivity index (χ2v) is 7.08. The minimum absolute atomic E-state index is 0.00989. The summed E-state index contributed by atoms with van der Waals surface area (Å²) in [7, 11) is 0. The zero-order valence-electron chi connectivity index (χ0n) is 15.1. The van der Waals surface area contributed by atoms with Gasteiger partial charge in [-0.1, -0.05) is 18.2 Å². The van der Waals surface area contributed by atoms with E-state index in [0.29, 0.717) is 24.3 Å². The molecule has 0 atom stereocenters. The number of carbonyl (C=O) groups is 1. The Morgan fingerprint density at radius 2 is 1.93 bits per heavy atom. The van der Waals surface area contributed by atoms with Gasteiger partial charge in [0.25, 0.3) is 5.56 Å². The predicted molar refractivity (Wildman–Crippen MR) is 103 cm³/mol. The SMILES string of the molecule is O=C(Cc1cccnc1)N1CCC(Cn2cnc3ccccc3c2=O)CC1. The summed E-state index contributed by atoms with van der Waals surface area (Å²) < 4.78 is 1.71. The van der Waals surface area contributed by atoms with Crippen molar-refractivity contribution in [2.45, 2.75) is 25.8 Å². The van der Waals surface area contributed by atoms with E-state index in [-0.39, 0.29) is 11.5 Å². The second-order valence-electron chi connectivity index (χ2n) is 7.08. The van der Waals surface area contributed by atoms with Crippen LogP contribution in [0.2, 0.25) is 0 Å². The van der Waals surface area contributed by atoms with Gasteiger partial charge in [-0.05, 0) is 42.5 Å². The van der Waals surface area contributed by atoms with E-state index in [9.17, 15) is 9.59 Å². The summed E-state index contributed by atoms with van der Waals surface area (Å²) in [4.78, 5) is 35.5. The molecule has 1 aliphatic rings. The van der Waals surface area contributed by atoms with Gasteiger partial charge in [-0.15, -0.1) is 0 Å². The Morgan fingerprint density at radius 1 is 1.11 bits per heavy atom. The topological polar surface area (TPSA) is 68.1 Å². The molecule has 1 saturated heterocycles. The number of piperidine rings is 1. The van der Waals surface area contributed by atoms with Gasteiger partial charge in [-0.25, -0.2) is 4.98 Å². The molecule has 0 spiro atoms. The molecule has 6 heteroatoms. The molecule has 0 aliphatic carbocycles. The van der Waals surface area contributed by atoms with Crippen LogP contribution in [0.5, 0.6) is 0 Å². The van der Waals surface area contributed by atoms with Crippen molar-refractivity contribution in [1.82, 2.24) is 19.4 Å². The quantitative estimate of drug-likeness (QED) is 0.714. The molecule has 138 valence electrons. The summed E-state index contributed by atoms with van der Waals surface area (Å²) in [5, 5.41) is 0.657. The number of hydrogen-bond acceptors (Lipinski definition) is 4. The van der Waals surface area contributed by atoms with Crippen LogP contribution >= 0.6 is 0 Å². The van der Waals surface area contributed by atoms with E-state index < -0.39 is 0 Å². The van der Waals surface area contributed by atoms with Gasteiger partial charge >= 0.3 is 0 Å². The highest BCUT2D eigenvalue weighted by Gasteiger charge is 2.23. The molecule has 1 aromatic carbocycles. The molecule has 1 aliphatic heterocycles. The van der Waals surface area contributed by atoms with Crippen LogP contribution in [0.25, 0.3) is 10.9 Å². The van der Waals surface area contributed by atoms with Crippen molar-refractivity contribution in [3.63, 3.8) is 0 Å². The number of fused-ring (bicyclic) bond motifs is 1. The largest absolute Gasteiger partial charge is 0.342 e. The second kappa shape index (κ2) is 7.70. The lowest BCUT2D eigenvalue weighted by Crippen LogP contribution is -2.40. The number of hydrogen-bond donors (Lipinski definition) is 0. The molecule has 3 heterocycles. The van der Waals surface area contributed by atoms with E-state index in [2.05, 4.69) is 9.97 Å². The number of likely N-dealkylation sites (tertiary alicyclic amines) is 1. The normalized spacial score (nSPS) is 15.2. The predicted octanol–water partition coefficient (Wildman–Crippen LogP) is 2.27. The molecule has 3 aromatic rings. The summed E-state index contributed by atoms with van der Waals surface area (Å²) in [6.07, 6.45) is 7.29. The van der Waals surface area contributed by atoms with Gasteiger partial charge in [-0.3, -0.25) is 19.1 Å². The third-order valence-electron chi connectivity index (χ3n) is 5.23. The van der Waals surface area contributed by atoms with Crippen LogP contribution < -0.4 is 5.56 Å². The van der Waals surface area contributed by atoms with Crippen LogP contribution in [0.3, 0.4) is 0 Å². The third-order valence-corrected chi connectivity index (χ3v) is 5.23. The summed E-state index contributed by atoms with van der Waals surface area (Å²) in [5.41, 5.74) is 1.68. The van der Waals surface area contributed by atoms with Crippen LogP contribution in [0.1, 0.15) is 18.4 Å². The van der Waals surface area contributed by atoms with Gasteiger partial charge in [0.15, 0.2) is 0 Å². The summed E-state index contributed by atoms with van der Waals surface area (Å²) in [6, 6.07) is 11.2. The van der Waals surface area contributed by atoms with Gasteiger partial charge in [0.2, 0.25) is 5.91 Å². The number of pyridine rings is 1. The number of amides is 1. The van der Waals surface area contributed by atoms with Crippen LogP contribution in [0.15, 0.2) is 59.9 Å². The zero-order chi connectivity index (χ0) is 18.6. The smallest absolute Gasteiger partial charge is 0.261 e. The maximum atomic E-state index is 12.6. The highest BCUT2D eigenvalue weighted by molar-refractivity contribution is 5.78. The molecule has 0 bridgehead atoms. The molecule has 6 nitrogen and oxygen atoms in total. The number of carbonyl (C=O) groups excluding carboxylic acids is 1. The van der Waals surface area contributed by atoms with E-state index in [0.717, 1.165) is 37.0 Å². The van der Waals surface area contributed by atoms with Gasteiger partial charge < -0.3 is 4.90 Å². The molecular formula is C21H22N4O2. The van der Waals surface area contributed by atoms with Crippen molar-refractivity contribution in [2.24, 2.45) is 5.92 Å². The lowest BCUT2D eigenvalue weighted by atomic mass is 9.96. The van der Waals surface area contributed by atoms with E-state index in [1.165, 1.54) is 0 Å². The fraction of sp³-hybridized carbons (Fsp3) is 0.333. The molecule has 0 N–H and O–H groups in total. The standard InChI is InChI=1S/C21H22N4O2/c26-20(12-17-4-3-9-22-13-17)24-10-7-16(8-11-24)14-25-15-23-19-6-2-1-5-18(19)21(25)27/h1-6,9,13,15-16H,7-8,10-12,14H2. The molecule has 0 saturated carbocycles. The molecule has 27 heavy (non-hydrogen) atoms. The molecule has 1 fully saturated rings. The first-order chi connectivity index (χ1) is 13.2. The van der Waals surface area contributed by atoms with E-state index in [1.54, 1.807) is 23.3 Å². The highest BCUT2D eigenvalue weighted by Crippen LogP contribution is 2.19. The summed E-state index contributed by atoms with van der Waals surface area (Å²) in [5.74, 6) is 0.527. The Balaban J connectivity index is 1.36. The van der Waals surface area contributed by atoms with Gasteiger partial charge in [0, 0.05) is 32.0 Å². The van der Waals surface area contributed by atoms with Crippen molar-refractivity contribution in [3.8, 4) is 0 Å². The van der Waals surface area contributed by atoms with Crippen LogP contribution in [0, 0.1) is 5.92 Å². The Kier molecular flexibility index (Phi) is 4.96. The van der Waals surface area contributed by atoms with Crippen molar-refractivity contribution in [2.75, 3.05) is 13.1 Å². The average Bonchev–Trinajstić information content (AvgIpc) is 2.71. The van der Waals surface area contributed by atoms with Gasteiger partial charge in [0.05, 0.1) is 23.7 Å². The lowest BCUT2D eigenvalue weighted by molar-refractivity contribution is -0.131. The zero-order valence-corrected chi connectivity index (χ0v) is 15.1. The van der Waals surface area contributed by atoms with Gasteiger partial charge in [0.1, 0.15) is 0 Å². The van der Waals surface area contributed by atoms with Crippen molar-refractivity contribution < 1.29 is 4.79 Å². The van der Waals surface area contributed by atoms with E-state index in [1.807, 2.05) is 41.3 Å². The Morgan fingerprint density at radius 3 is 2.70 bits per heavy atom. The Bertz CT molecular complexity index is 992. The van der Waals surface area contributed by atoms with Crippen molar-refractivity contribution >= 4 is 16.8 Å². The van der Waals surface area contributed by atoms with Crippen molar-refractivity contribution in [3.05, 3.63) is 71.0 Å². The fourth-order valence-electron chi connectivity index (χ4n) is 3.67. The number of benzene rings is 1. The molecule has 1 amide bonds. The first kappa shape index (κ1) is 17.4. The average molecular weight is 362 g/mol. The molecule has 2 aromatic heterocycles. The molecule has 4 rings (SSSR count). The van der Waals surface area contributed by atoms with E-state index >= 15 is 0 Å². The van der Waals surface area contributed by atoms with Crippen LogP contribution in [-0.4, -0.2) is 38.4 Å². The minimum Gasteiger partial charge on any atom is -0.342 e. The van der Waals surface area contributed by atoms with Gasteiger partial charge in [-0.2, -0.15) is 0 Å². The summed E-state index contributed by atoms with van der Waals surface area (Å²) >= 11 is 0. The highest BCUT2D eigenvalue weighted by atomic mass is 16.2. The van der Waals surface area contributed by atoms with E-state index in [4.69, 9.17) is 0 Å². The van der Waals surface area contributed by atoms with Crippen molar-refractivity contribution in [1.29, 1.82) is 0 Å². The lowest BCUT2D eigenvalue weighted by Gasteiger charge is -2.32. The number of rotatable bonds is 4. The Labute approximate surface area is 157 Å². The molecule has 0 radical (unpaired) electrons. The number of aromatic nitrogens is 3. The maximum absolute atomic E-state index is 12.6. The summed E-state index contributed by atoms with van der Waals surface area (Å²) in [6.45, 7) is 2.13. The first-order valence-corrected chi connectivity index (χ1v) is 9.31. The van der Waals surface area contributed by atoms with Crippen LogP contribution in [0.4, 0.5) is 0 Å². The fourth-order valence-corrected chi connectivity index (χ4v) is 3.67. The minimum atomic E-state index is 0.00989. The monoisotopic (exact) mass is 362 g/mol. The maximum Gasteiger partial charge on any atom is 0.261 e. The molecular weight excluding hydrogens is 340 g/mol. The van der Waals surface area contributed by atoms with Crippen LogP contribution in [-0.2, 0) is 17.8 Å². The Hall–Kier alpha value is -3.02. The number of nitrogens with zero attached hydrogens (tertiary/aromatic N) is 4. The third kappa shape index (κ3) is 3.89. The molecule has 0 unspecified atom stereocenters. The first-order valence-electron chi connectivity index (χ1n) is 9.31.